The summed E-state index contributed by atoms with van der Waals surface area (Å²) in [6, 6.07) is 0. The molecule has 7 nitrogen and oxygen atoms in total. The minimum atomic E-state index is -3.63. The Morgan fingerprint density at radius 1 is 1.00 bits per heavy atom. The van der Waals surface area contributed by atoms with Crippen LogP contribution < -0.4 is 5.32 Å². The molecule has 0 radical (unpaired) electrons. The van der Waals surface area contributed by atoms with Crippen LogP contribution in [-0.4, -0.2) is 42.4 Å². The maximum atomic E-state index is 12.8. The molecule has 0 aromatic heterocycles. The summed E-state index contributed by atoms with van der Waals surface area (Å²) in [6.07, 6.45) is -2.79. The fraction of sp³-hybridized carbons (Fsp3) is 0.750. The molecule has 0 aliphatic carbocycles. The van der Waals surface area contributed by atoms with Crippen molar-refractivity contribution in [2.75, 3.05) is 0 Å². The first-order valence-corrected chi connectivity index (χ1v) is 6.27. The van der Waals surface area contributed by atoms with Crippen LogP contribution in [0.25, 0.3) is 0 Å². The lowest BCUT2D eigenvalue weighted by Crippen LogP contribution is -2.52. The van der Waals surface area contributed by atoms with Gasteiger partial charge in [-0.25, -0.2) is 10.1 Å². The van der Waals surface area contributed by atoms with Crippen molar-refractivity contribution in [2.45, 2.75) is 58.1 Å². The fourth-order valence-electron chi connectivity index (χ4n) is 1.83. The van der Waals surface area contributed by atoms with E-state index in [9.17, 15) is 23.2 Å². The summed E-state index contributed by atoms with van der Waals surface area (Å²) in [6.45, 7) is 2.75. The normalized spacial score (nSPS) is 25.9. The first-order valence-electron chi connectivity index (χ1n) is 6.27. The number of nitrogens with one attached hydrogen (secondary N) is 1. The van der Waals surface area contributed by atoms with E-state index in [2.05, 4.69) is 10.1 Å². The van der Waals surface area contributed by atoms with Crippen LogP contribution in [0.3, 0.4) is 0 Å². The molecule has 2 unspecified atom stereocenters. The van der Waals surface area contributed by atoms with Crippen molar-refractivity contribution in [3.63, 3.8) is 0 Å². The largest absolute Gasteiger partial charge is 0.458 e. The Labute approximate surface area is 119 Å². The highest BCUT2D eigenvalue weighted by atomic mass is 19.3. The summed E-state index contributed by atoms with van der Waals surface area (Å²) in [5.74, 6) is -6.53. The second-order valence-corrected chi connectivity index (χ2v) is 4.75. The van der Waals surface area contributed by atoms with Gasteiger partial charge in [-0.05, 0) is 0 Å². The van der Waals surface area contributed by atoms with Crippen molar-refractivity contribution in [1.29, 1.82) is 0 Å². The summed E-state index contributed by atoms with van der Waals surface area (Å²) < 4.78 is 40.1. The van der Waals surface area contributed by atoms with E-state index >= 15 is 0 Å². The monoisotopic (exact) mass is 309 g/mol. The van der Waals surface area contributed by atoms with Crippen LogP contribution in [0.4, 0.5) is 8.78 Å². The molecule has 1 N–H and O–H groups in total. The van der Waals surface area contributed by atoms with E-state index in [1.54, 1.807) is 0 Å². The Bertz CT molecular complexity index is 398. The number of esters is 3. The maximum absolute atomic E-state index is 12.8. The van der Waals surface area contributed by atoms with Gasteiger partial charge in [-0.1, -0.05) is 0 Å². The number of rotatable bonds is 4. The molecule has 1 heterocycles. The zero-order chi connectivity index (χ0) is 16.2. The van der Waals surface area contributed by atoms with Crippen molar-refractivity contribution < 1.29 is 37.4 Å². The van der Waals surface area contributed by atoms with Crippen molar-refractivity contribution >= 4 is 17.9 Å². The van der Waals surface area contributed by atoms with Gasteiger partial charge in [0.05, 0.1) is 0 Å². The summed E-state index contributed by atoms with van der Waals surface area (Å²) >= 11 is 0. The highest BCUT2D eigenvalue weighted by Gasteiger charge is 2.40. The first kappa shape index (κ1) is 17.3. The molecule has 120 valence electrons. The van der Waals surface area contributed by atoms with Gasteiger partial charge < -0.3 is 14.2 Å². The number of carbonyl (C=O) groups excluding carboxylic acids is 3. The van der Waals surface area contributed by atoms with E-state index in [1.165, 1.54) is 13.8 Å². The second kappa shape index (κ2) is 6.79. The lowest BCUT2D eigenvalue weighted by atomic mass is 10.1. The lowest BCUT2D eigenvalue weighted by molar-refractivity contribution is -0.187. The number of hydrogen-bond donors (Lipinski definition) is 1. The van der Waals surface area contributed by atoms with Crippen LogP contribution in [0.5, 0.6) is 0 Å². The molecule has 0 aromatic rings. The Morgan fingerprint density at radius 2 is 1.43 bits per heavy atom. The summed E-state index contributed by atoms with van der Waals surface area (Å²) in [5.41, 5.74) is 0. The van der Waals surface area contributed by atoms with Gasteiger partial charge in [0.2, 0.25) is 0 Å². The van der Waals surface area contributed by atoms with Crippen molar-refractivity contribution in [3.8, 4) is 0 Å². The third-order valence-corrected chi connectivity index (χ3v) is 2.57. The predicted molar refractivity (Wildman–Crippen MR) is 64.0 cm³/mol. The zero-order valence-corrected chi connectivity index (χ0v) is 11.9. The smallest absolute Gasteiger partial charge is 0.376 e. The zero-order valence-electron chi connectivity index (χ0n) is 11.9. The van der Waals surface area contributed by atoms with E-state index < -0.39 is 42.4 Å². The molecular formula is C12H17F2NO6. The van der Waals surface area contributed by atoms with E-state index in [4.69, 9.17) is 9.47 Å². The van der Waals surface area contributed by atoms with Gasteiger partial charge in [-0.3, -0.25) is 9.59 Å². The van der Waals surface area contributed by atoms with Gasteiger partial charge in [0.25, 0.3) is 0 Å². The van der Waals surface area contributed by atoms with Gasteiger partial charge in [0.1, 0.15) is 6.10 Å². The van der Waals surface area contributed by atoms with Crippen molar-refractivity contribution in [1.82, 2.24) is 5.32 Å². The van der Waals surface area contributed by atoms with E-state index in [1.807, 2.05) is 0 Å². The number of piperidine rings is 1. The Balaban J connectivity index is 2.70. The van der Waals surface area contributed by atoms with Crippen LogP contribution in [-0.2, 0) is 28.6 Å². The highest BCUT2D eigenvalue weighted by molar-refractivity contribution is 5.77. The lowest BCUT2D eigenvalue weighted by Gasteiger charge is -2.34. The molecule has 1 saturated heterocycles. The highest BCUT2D eigenvalue weighted by Crippen LogP contribution is 2.22. The number of halogens is 2. The predicted octanol–water partition coefficient (Wildman–Crippen LogP) is 0.715. The maximum Gasteiger partial charge on any atom is 0.376 e. The molecule has 1 rings (SSSR count). The number of alkyl halides is 2. The van der Waals surface area contributed by atoms with Crippen molar-refractivity contribution in [2.24, 2.45) is 0 Å². The van der Waals surface area contributed by atoms with E-state index in [0.717, 1.165) is 0 Å². The average Bonchev–Trinajstić information content (AvgIpc) is 2.24. The topological polar surface area (TPSA) is 90.9 Å². The van der Waals surface area contributed by atoms with Crippen LogP contribution in [0.15, 0.2) is 0 Å². The minimum absolute atomic E-state index is 0.0147. The van der Waals surface area contributed by atoms with Gasteiger partial charge in [-0.15, -0.1) is 0 Å². The molecule has 9 heteroatoms. The third-order valence-electron chi connectivity index (χ3n) is 2.57. The van der Waals surface area contributed by atoms with Gasteiger partial charge >= 0.3 is 23.8 Å². The Morgan fingerprint density at radius 3 is 1.76 bits per heavy atom. The van der Waals surface area contributed by atoms with Crippen LogP contribution >= 0.6 is 0 Å². The third kappa shape index (κ3) is 6.03. The summed E-state index contributed by atoms with van der Waals surface area (Å²) in [5, 5.41) is 2.69. The van der Waals surface area contributed by atoms with Crippen LogP contribution in [0.2, 0.25) is 0 Å². The van der Waals surface area contributed by atoms with Gasteiger partial charge in [0, 0.05) is 33.6 Å². The SMILES string of the molecule is CC(=O)OC1CC(OC(=O)C(C)(F)F)CC(OC(C)=O)N1. The van der Waals surface area contributed by atoms with Crippen LogP contribution in [0, 0.1) is 0 Å². The average molecular weight is 309 g/mol. The molecule has 0 saturated carbocycles. The number of hydrogen-bond acceptors (Lipinski definition) is 7. The molecule has 0 amide bonds. The van der Waals surface area contributed by atoms with Gasteiger partial charge in [-0.2, -0.15) is 8.78 Å². The van der Waals surface area contributed by atoms with Gasteiger partial charge in [0.15, 0.2) is 12.5 Å². The molecule has 1 aliphatic heterocycles. The second-order valence-electron chi connectivity index (χ2n) is 4.75. The fourth-order valence-corrected chi connectivity index (χ4v) is 1.83. The summed E-state index contributed by atoms with van der Waals surface area (Å²) in [7, 11) is 0. The molecule has 1 aliphatic rings. The number of carbonyl (C=O) groups is 3. The molecule has 21 heavy (non-hydrogen) atoms. The van der Waals surface area contributed by atoms with E-state index in [-0.39, 0.29) is 12.8 Å². The number of ether oxygens (including phenoxy) is 3. The quantitative estimate of drug-likeness (QED) is 0.604. The van der Waals surface area contributed by atoms with E-state index in [0.29, 0.717) is 6.92 Å². The van der Waals surface area contributed by atoms with Crippen molar-refractivity contribution in [3.05, 3.63) is 0 Å². The molecule has 1 fully saturated rings. The minimum Gasteiger partial charge on any atom is -0.458 e. The standard InChI is InChI=1S/C12H17F2NO6/c1-6(16)19-9-4-8(21-11(18)12(3,13)14)5-10(15-9)20-7(2)17/h8-10,15H,4-5H2,1-3H3. The molecule has 0 bridgehead atoms. The molecule has 2 atom stereocenters. The molecule has 0 aromatic carbocycles. The van der Waals surface area contributed by atoms with Crippen LogP contribution in [0.1, 0.15) is 33.6 Å². The Kier molecular flexibility index (Phi) is 5.59. The molecule has 0 spiro atoms. The summed E-state index contributed by atoms with van der Waals surface area (Å²) in [4.78, 5) is 33.0. The first-order chi connectivity index (χ1) is 9.57. The Hall–Kier alpha value is -1.77. The molecular weight excluding hydrogens is 292 g/mol.